The van der Waals surface area contributed by atoms with Crippen LogP contribution in [0.3, 0.4) is 0 Å². The normalized spacial score (nSPS) is 10.2. The van der Waals surface area contributed by atoms with Crippen molar-refractivity contribution in [2.24, 2.45) is 0 Å². The Morgan fingerprint density at radius 1 is 0.750 bits per heavy atom. The molecule has 3 rings (SSSR count). The zero-order valence-corrected chi connectivity index (χ0v) is 13.5. The van der Waals surface area contributed by atoms with Crippen molar-refractivity contribution in [1.82, 2.24) is 0 Å². The summed E-state index contributed by atoms with van der Waals surface area (Å²) in [4.78, 5) is 11.5. The molecule has 0 radical (unpaired) electrons. The molecular weight excluding hydrogens is 296 g/mol. The number of methoxy groups -OCH3 is 1. The van der Waals surface area contributed by atoms with Crippen molar-refractivity contribution in [2.45, 2.75) is 0 Å². The maximum Gasteiger partial charge on any atom is 0.337 e. The lowest BCUT2D eigenvalue weighted by atomic mass is 9.99. The Labute approximate surface area is 142 Å². The summed E-state index contributed by atoms with van der Waals surface area (Å²) in [6.45, 7) is 3.77. The van der Waals surface area contributed by atoms with Gasteiger partial charge < -0.3 is 4.74 Å². The highest BCUT2D eigenvalue weighted by molar-refractivity contribution is 5.90. The smallest absolute Gasteiger partial charge is 0.337 e. The maximum absolute atomic E-state index is 11.5. The summed E-state index contributed by atoms with van der Waals surface area (Å²) in [6.07, 6.45) is 1.84. The number of rotatable bonds is 4. The summed E-state index contributed by atoms with van der Waals surface area (Å²) in [5.41, 5.74) is 6.18. The first-order valence-electron chi connectivity index (χ1n) is 7.73. The van der Waals surface area contributed by atoms with Gasteiger partial charge in [0.15, 0.2) is 0 Å². The van der Waals surface area contributed by atoms with Gasteiger partial charge in [0, 0.05) is 0 Å². The Kier molecular flexibility index (Phi) is 4.57. The second kappa shape index (κ2) is 6.97. The SMILES string of the molecule is C=Cc1ccc(-c2ccc(-c3ccc(C(=O)OC)cc3)cc2)cc1. The number of carbonyl (C=O) groups is 1. The average molecular weight is 314 g/mol. The number of benzene rings is 3. The van der Waals surface area contributed by atoms with Crippen molar-refractivity contribution in [1.29, 1.82) is 0 Å². The first-order valence-corrected chi connectivity index (χ1v) is 7.73. The van der Waals surface area contributed by atoms with Crippen LogP contribution in [0.5, 0.6) is 0 Å². The van der Waals surface area contributed by atoms with Crippen molar-refractivity contribution < 1.29 is 9.53 Å². The molecule has 0 aromatic heterocycles. The van der Waals surface area contributed by atoms with E-state index in [4.69, 9.17) is 4.74 Å². The van der Waals surface area contributed by atoms with Gasteiger partial charge in [-0.1, -0.05) is 73.3 Å². The van der Waals surface area contributed by atoms with E-state index in [1.54, 1.807) is 12.1 Å². The number of carbonyl (C=O) groups excluding carboxylic acids is 1. The third kappa shape index (κ3) is 3.28. The average Bonchev–Trinajstić information content (AvgIpc) is 2.68. The van der Waals surface area contributed by atoms with Gasteiger partial charge in [0.1, 0.15) is 0 Å². The fourth-order valence-electron chi connectivity index (χ4n) is 2.58. The van der Waals surface area contributed by atoms with Crippen LogP contribution in [0.15, 0.2) is 79.4 Å². The molecule has 0 bridgehead atoms. The fourth-order valence-corrected chi connectivity index (χ4v) is 2.58. The molecule has 0 heterocycles. The summed E-state index contributed by atoms with van der Waals surface area (Å²) in [7, 11) is 1.39. The van der Waals surface area contributed by atoms with E-state index in [2.05, 4.69) is 55.1 Å². The van der Waals surface area contributed by atoms with Gasteiger partial charge in [0.2, 0.25) is 0 Å². The third-order valence-corrected chi connectivity index (χ3v) is 4.00. The van der Waals surface area contributed by atoms with Crippen LogP contribution in [0.25, 0.3) is 28.3 Å². The number of hydrogen-bond donors (Lipinski definition) is 0. The first-order chi connectivity index (χ1) is 11.7. The first kappa shape index (κ1) is 15.8. The van der Waals surface area contributed by atoms with Crippen molar-refractivity contribution in [2.75, 3.05) is 7.11 Å². The van der Waals surface area contributed by atoms with E-state index in [9.17, 15) is 4.79 Å². The molecule has 2 heteroatoms. The van der Waals surface area contributed by atoms with E-state index in [0.717, 1.165) is 16.7 Å². The Hall–Kier alpha value is -3.13. The summed E-state index contributed by atoms with van der Waals surface area (Å²) >= 11 is 0. The maximum atomic E-state index is 11.5. The molecule has 0 spiro atoms. The number of esters is 1. The zero-order valence-electron chi connectivity index (χ0n) is 13.5. The number of ether oxygens (including phenoxy) is 1. The van der Waals surface area contributed by atoms with Crippen LogP contribution < -0.4 is 0 Å². The molecule has 0 unspecified atom stereocenters. The largest absolute Gasteiger partial charge is 0.465 e. The van der Waals surface area contributed by atoms with Crippen LogP contribution >= 0.6 is 0 Å². The Morgan fingerprint density at radius 3 is 1.50 bits per heavy atom. The molecule has 0 aliphatic heterocycles. The van der Waals surface area contributed by atoms with Gasteiger partial charge in [-0.2, -0.15) is 0 Å². The topological polar surface area (TPSA) is 26.3 Å². The monoisotopic (exact) mass is 314 g/mol. The molecule has 0 N–H and O–H groups in total. The second-order valence-corrected chi connectivity index (χ2v) is 5.47. The van der Waals surface area contributed by atoms with Crippen LogP contribution in [-0.2, 0) is 4.74 Å². The van der Waals surface area contributed by atoms with Crippen LogP contribution in [0, 0.1) is 0 Å². The van der Waals surface area contributed by atoms with Crippen LogP contribution in [-0.4, -0.2) is 13.1 Å². The van der Waals surface area contributed by atoms with E-state index in [0.29, 0.717) is 5.56 Å². The van der Waals surface area contributed by atoms with Crippen molar-refractivity contribution in [3.63, 3.8) is 0 Å². The lowest BCUT2D eigenvalue weighted by Gasteiger charge is -2.06. The molecule has 0 atom stereocenters. The zero-order chi connectivity index (χ0) is 16.9. The van der Waals surface area contributed by atoms with Crippen LogP contribution in [0.4, 0.5) is 0 Å². The highest BCUT2D eigenvalue weighted by Gasteiger charge is 2.05. The molecule has 0 saturated carbocycles. The molecule has 0 fully saturated rings. The molecule has 24 heavy (non-hydrogen) atoms. The Morgan fingerprint density at radius 2 is 1.12 bits per heavy atom. The summed E-state index contributed by atoms with van der Waals surface area (Å²) < 4.78 is 4.72. The summed E-state index contributed by atoms with van der Waals surface area (Å²) in [6, 6.07) is 24.1. The standard InChI is InChI=1S/C22H18O2/c1-3-16-4-6-17(7-5-16)18-8-10-19(11-9-18)20-12-14-21(15-13-20)22(23)24-2/h3-15H,1H2,2H3. The lowest BCUT2D eigenvalue weighted by Crippen LogP contribution is -2.00. The van der Waals surface area contributed by atoms with Crippen molar-refractivity contribution in [3.05, 3.63) is 90.5 Å². The third-order valence-electron chi connectivity index (χ3n) is 4.00. The minimum Gasteiger partial charge on any atom is -0.465 e. The molecule has 2 nitrogen and oxygen atoms in total. The molecule has 0 aliphatic rings. The van der Waals surface area contributed by atoms with Crippen LogP contribution in [0.2, 0.25) is 0 Å². The van der Waals surface area contributed by atoms with Gasteiger partial charge in [-0.05, 0) is 39.9 Å². The van der Waals surface area contributed by atoms with E-state index < -0.39 is 0 Å². The van der Waals surface area contributed by atoms with Gasteiger partial charge in [0.05, 0.1) is 12.7 Å². The van der Waals surface area contributed by atoms with E-state index in [1.165, 1.54) is 18.2 Å². The second-order valence-electron chi connectivity index (χ2n) is 5.47. The fraction of sp³-hybridized carbons (Fsp3) is 0.0455. The minimum absolute atomic E-state index is 0.320. The van der Waals surface area contributed by atoms with Gasteiger partial charge in [-0.3, -0.25) is 0 Å². The predicted molar refractivity (Wildman–Crippen MR) is 98.7 cm³/mol. The molecule has 3 aromatic carbocycles. The van der Waals surface area contributed by atoms with Crippen molar-refractivity contribution in [3.8, 4) is 22.3 Å². The minimum atomic E-state index is -0.320. The highest BCUT2D eigenvalue weighted by Crippen LogP contribution is 2.25. The van der Waals surface area contributed by atoms with E-state index in [1.807, 2.05) is 18.2 Å². The lowest BCUT2D eigenvalue weighted by molar-refractivity contribution is 0.0601. The van der Waals surface area contributed by atoms with Gasteiger partial charge in [-0.25, -0.2) is 4.79 Å². The van der Waals surface area contributed by atoms with Crippen LogP contribution in [0.1, 0.15) is 15.9 Å². The van der Waals surface area contributed by atoms with Crippen molar-refractivity contribution >= 4 is 12.0 Å². The highest BCUT2D eigenvalue weighted by atomic mass is 16.5. The van der Waals surface area contributed by atoms with Gasteiger partial charge in [0.25, 0.3) is 0 Å². The predicted octanol–water partition coefficient (Wildman–Crippen LogP) is 5.45. The Balaban J connectivity index is 1.83. The molecular formula is C22H18O2. The molecule has 118 valence electrons. The number of hydrogen-bond acceptors (Lipinski definition) is 2. The summed E-state index contributed by atoms with van der Waals surface area (Å²) in [5, 5.41) is 0. The van der Waals surface area contributed by atoms with E-state index >= 15 is 0 Å². The van der Waals surface area contributed by atoms with Gasteiger partial charge in [-0.15, -0.1) is 0 Å². The quantitative estimate of drug-likeness (QED) is 0.598. The summed E-state index contributed by atoms with van der Waals surface area (Å²) in [5.74, 6) is -0.320. The molecule has 3 aromatic rings. The molecule has 0 amide bonds. The van der Waals surface area contributed by atoms with Gasteiger partial charge >= 0.3 is 5.97 Å². The molecule has 0 saturated heterocycles. The Bertz CT molecular complexity index is 842. The van der Waals surface area contributed by atoms with E-state index in [-0.39, 0.29) is 5.97 Å². The molecule has 0 aliphatic carbocycles.